The largest absolute Gasteiger partial charge is 0.314 e. The maximum atomic E-state index is 4.34. The van der Waals surface area contributed by atoms with Gasteiger partial charge in [-0.15, -0.1) is 10.2 Å². The van der Waals surface area contributed by atoms with Crippen LogP contribution in [0.15, 0.2) is 18.0 Å². The van der Waals surface area contributed by atoms with Crippen LogP contribution < -0.4 is 0 Å². The van der Waals surface area contributed by atoms with Crippen LogP contribution in [0.5, 0.6) is 0 Å². The predicted octanol–water partition coefficient (Wildman–Crippen LogP) is 3.75. The highest BCUT2D eigenvalue weighted by atomic mass is 15.3. The quantitative estimate of drug-likeness (QED) is 0.725. The van der Waals surface area contributed by atoms with Gasteiger partial charge in [-0.05, 0) is 91.4 Å². The van der Waals surface area contributed by atoms with E-state index in [1.165, 1.54) is 57.4 Å². The first kappa shape index (κ1) is 19.6. The molecule has 0 radical (unpaired) electrons. The third-order valence-corrected chi connectivity index (χ3v) is 6.26. The summed E-state index contributed by atoms with van der Waals surface area (Å²) in [7, 11) is 0. The fraction of sp³-hybridized carbons (Fsp3) is 0.810. The molecule has 26 heavy (non-hydrogen) atoms. The fourth-order valence-electron chi connectivity index (χ4n) is 4.51. The van der Waals surface area contributed by atoms with Crippen LogP contribution in [0, 0.1) is 11.8 Å². The number of hydrogen-bond acceptors (Lipinski definition) is 4. The first-order valence-electron chi connectivity index (χ1n) is 10.5. The van der Waals surface area contributed by atoms with Crippen molar-refractivity contribution in [1.29, 1.82) is 0 Å². The normalized spacial score (nSPS) is 21.4. The van der Waals surface area contributed by atoms with Crippen LogP contribution in [0.2, 0.25) is 0 Å². The summed E-state index contributed by atoms with van der Waals surface area (Å²) in [6, 6.07) is 0.439. The van der Waals surface area contributed by atoms with Gasteiger partial charge >= 0.3 is 0 Å². The second-order valence-electron chi connectivity index (χ2n) is 8.78. The first-order chi connectivity index (χ1) is 12.5. The predicted molar refractivity (Wildman–Crippen MR) is 107 cm³/mol. The highest BCUT2D eigenvalue weighted by molar-refractivity contribution is 4.96. The maximum Gasteiger partial charge on any atom is 0.147 e. The molecule has 0 bridgehead atoms. The van der Waals surface area contributed by atoms with Crippen LogP contribution in [0.4, 0.5) is 0 Å². The SMILES string of the molecule is CC(C)=CCN1CCC(C2CCN(Cc3nncn3C(C)C)CC2)CC1. The highest BCUT2D eigenvalue weighted by Gasteiger charge is 2.29. The number of rotatable bonds is 6. The van der Waals surface area contributed by atoms with Crippen LogP contribution in [-0.2, 0) is 6.54 Å². The Kier molecular flexibility index (Phi) is 6.87. The summed E-state index contributed by atoms with van der Waals surface area (Å²) in [4.78, 5) is 5.20. The fourth-order valence-corrected chi connectivity index (χ4v) is 4.51. The van der Waals surface area contributed by atoms with Gasteiger partial charge in [0.25, 0.3) is 0 Å². The molecule has 3 heterocycles. The van der Waals surface area contributed by atoms with Gasteiger partial charge in [-0.25, -0.2) is 0 Å². The number of allylic oxidation sites excluding steroid dienone is 1. The van der Waals surface area contributed by atoms with Gasteiger partial charge in [0.1, 0.15) is 12.2 Å². The van der Waals surface area contributed by atoms with Crippen LogP contribution >= 0.6 is 0 Å². The summed E-state index contributed by atoms with van der Waals surface area (Å²) in [6.45, 7) is 15.9. The zero-order chi connectivity index (χ0) is 18.5. The second kappa shape index (κ2) is 9.14. The van der Waals surface area contributed by atoms with Crippen molar-refractivity contribution in [1.82, 2.24) is 24.6 Å². The van der Waals surface area contributed by atoms with Gasteiger partial charge in [0.2, 0.25) is 0 Å². The van der Waals surface area contributed by atoms with Gasteiger partial charge in [0.05, 0.1) is 6.54 Å². The molecule has 1 aromatic heterocycles. The molecule has 0 aromatic carbocycles. The summed E-state index contributed by atoms with van der Waals surface area (Å²) in [5.74, 6) is 2.99. The Morgan fingerprint density at radius 1 is 1.04 bits per heavy atom. The van der Waals surface area contributed by atoms with Crippen LogP contribution in [0.25, 0.3) is 0 Å². The lowest BCUT2D eigenvalue weighted by Gasteiger charge is -2.40. The van der Waals surface area contributed by atoms with Crippen LogP contribution in [0.3, 0.4) is 0 Å². The summed E-state index contributed by atoms with van der Waals surface area (Å²) < 4.78 is 2.20. The van der Waals surface area contributed by atoms with Crippen molar-refractivity contribution in [3.8, 4) is 0 Å². The molecule has 0 saturated carbocycles. The van der Waals surface area contributed by atoms with E-state index >= 15 is 0 Å². The molecule has 2 fully saturated rings. The molecule has 146 valence electrons. The van der Waals surface area contributed by atoms with E-state index in [0.717, 1.165) is 30.7 Å². The molecule has 0 atom stereocenters. The third kappa shape index (κ3) is 5.17. The van der Waals surface area contributed by atoms with Gasteiger partial charge in [-0.1, -0.05) is 11.6 Å². The molecule has 0 amide bonds. The molecule has 2 aliphatic heterocycles. The Balaban J connectivity index is 1.42. The van der Waals surface area contributed by atoms with Crippen molar-refractivity contribution in [2.24, 2.45) is 11.8 Å². The molecule has 0 spiro atoms. The van der Waals surface area contributed by atoms with E-state index in [9.17, 15) is 0 Å². The summed E-state index contributed by atoms with van der Waals surface area (Å²) in [5, 5.41) is 8.45. The lowest BCUT2D eigenvalue weighted by atomic mass is 9.79. The number of aromatic nitrogens is 3. The standard InChI is InChI=1S/C21H37N5/c1-17(2)5-10-24-11-6-19(7-12-24)20-8-13-25(14-9-20)15-21-23-22-16-26(21)18(3)4/h5,16,18-20H,6-15H2,1-4H3. The van der Waals surface area contributed by atoms with E-state index < -0.39 is 0 Å². The number of likely N-dealkylation sites (tertiary alicyclic amines) is 2. The molecule has 0 aliphatic carbocycles. The minimum Gasteiger partial charge on any atom is -0.314 e. The van der Waals surface area contributed by atoms with E-state index in [0.29, 0.717) is 6.04 Å². The van der Waals surface area contributed by atoms with Gasteiger partial charge in [0, 0.05) is 12.6 Å². The Hall–Kier alpha value is -1.20. The molecule has 1 aromatic rings. The Bertz CT molecular complexity index is 571. The number of hydrogen-bond donors (Lipinski definition) is 0. The monoisotopic (exact) mass is 359 g/mol. The molecule has 3 rings (SSSR count). The lowest BCUT2D eigenvalue weighted by molar-refractivity contribution is 0.0957. The van der Waals surface area contributed by atoms with Crippen molar-refractivity contribution in [2.45, 2.75) is 66.0 Å². The molecule has 5 nitrogen and oxygen atoms in total. The molecule has 2 aliphatic rings. The van der Waals surface area contributed by atoms with E-state index in [1.54, 1.807) is 0 Å². The lowest BCUT2D eigenvalue weighted by Crippen LogP contribution is -2.40. The average Bonchev–Trinajstić information content (AvgIpc) is 3.09. The van der Waals surface area contributed by atoms with E-state index in [4.69, 9.17) is 0 Å². The van der Waals surface area contributed by atoms with Crippen molar-refractivity contribution in [2.75, 3.05) is 32.7 Å². The van der Waals surface area contributed by atoms with Crippen molar-refractivity contribution in [3.05, 3.63) is 23.8 Å². The van der Waals surface area contributed by atoms with E-state index in [2.05, 4.69) is 58.3 Å². The minimum atomic E-state index is 0.439. The number of piperidine rings is 2. The summed E-state index contributed by atoms with van der Waals surface area (Å²) in [6.07, 6.45) is 9.74. The molecule has 0 unspecified atom stereocenters. The molecule has 2 saturated heterocycles. The summed E-state index contributed by atoms with van der Waals surface area (Å²) >= 11 is 0. The minimum absolute atomic E-state index is 0.439. The zero-order valence-corrected chi connectivity index (χ0v) is 17.2. The van der Waals surface area contributed by atoms with Crippen molar-refractivity contribution < 1.29 is 0 Å². The van der Waals surface area contributed by atoms with Crippen LogP contribution in [0.1, 0.15) is 65.2 Å². The summed E-state index contributed by atoms with van der Waals surface area (Å²) in [5.41, 5.74) is 1.44. The van der Waals surface area contributed by atoms with Crippen LogP contribution in [-0.4, -0.2) is 57.3 Å². The maximum absolute atomic E-state index is 4.34. The highest BCUT2D eigenvalue weighted by Crippen LogP contribution is 2.32. The van der Waals surface area contributed by atoms with Gasteiger partial charge < -0.3 is 4.57 Å². The van der Waals surface area contributed by atoms with Gasteiger partial charge in [-0.2, -0.15) is 0 Å². The van der Waals surface area contributed by atoms with E-state index in [-0.39, 0.29) is 0 Å². The Morgan fingerprint density at radius 3 is 2.15 bits per heavy atom. The van der Waals surface area contributed by atoms with E-state index in [1.807, 2.05) is 6.33 Å². The molecule has 0 N–H and O–H groups in total. The van der Waals surface area contributed by atoms with Gasteiger partial charge in [0.15, 0.2) is 0 Å². The zero-order valence-electron chi connectivity index (χ0n) is 17.2. The smallest absolute Gasteiger partial charge is 0.147 e. The van der Waals surface area contributed by atoms with Gasteiger partial charge in [-0.3, -0.25) is 9.80 Å². The Labute approximate surface area is 159 Å². The topological polar surface area (TPSA) is 37.2 Å². The molecule has 5 heteroatoms. The number of nitrogens with zero attached hydrogens (tertiary/aromatic N) is 5. The first-order valence-corrected chi connectivity index (χ1v) is 10.5. The average molecular weight is 360 g/mol. The third-order valence-electron chi connectivity index (χ3n) is 6.26. The van der Waals surface area contributed by atoms with Crippen molar-refractivity contribution in [3.63, 3.8) is 0 Å². The Morgan fingerprint density at radius 2 is 1.62 bits per heavy atom. The van der Waals surface area contributed by atoms with Crippen molar-refractivity contribution >= 4 is 0 Å². The molecular formula is C21H37N5. The molecular weight excluding hydrogens is 322 g/mol. The second-order valence-corrected chi connectivity index (χ2v) is 8.78.